The SMILES string of the molecule is COc1ccc(CNC(=O)CCc2cc3c(C)cc(C)cc3[nH]c2=O)cc1. The van der Waals surface area contributed by atoms with E-state index in [0.717, 1.165) is 33.3 Å². The van der Waals surface area contributed by atoms with Gasteiger partial charge in [-0.1, -0.05) is 18.2 Å². The van der Waals surface area contributed by atoms with Crippen LogP contribution < -0.4 is 15.6 Å². The van der Waals surface area contributed by atoms with Crippen LogP contribution in [0.1, 0.15) is 28.7 Å². The molecule has 0 saturated carbocycles. The summed E-state index contributed by atoms with van der Waals surface area (Å²) in [5.74, 6) is 0.706. The monoisotopic (exact) mass is 364 g/mol. The number of rotatable bonds is 6. The van der Waals surface area contributed by atoms with Crippen LogP contribution in [0.25, 0.3) is 10.9 Å². The van der Waals surface area contributed by atoms with Crippen molar-refractivity contribution >= 4 is 16.8 Å². The first-order chi connectivity index (χ1) is 13.0. The minimum absolute atomic E-state index is 0.0778. The number of H-pyrrole nitrogens is 1. The molecule has 1 aromatic heterocycles. The zero-order valence-corrected chi connectivity index (χ0v) is 15.9. The molecular formula is C22H24N2O3. The van der Waals surface area contributed by atoms with Crippen LogP contribution in [-0.2, 0) is 17.8 Å². The van der Waals surface area contributed by atoms with Crippen molar-refractivity contribution in [1.29, 1.82) is 0 Å². The standard InChI is InChI=1S/C22H24N2O3/c1-14-10-15(2)19-12-17(22(26)24-20(19)11-14)6-9-21(25)23-13-16-4-7-18(27-3)8-5-16/h4-5,7-8,10-12H,6,9,13H2,1-3H3,(H,23,25)(H,24,26). The Labute approximate surface area is 158 Å². The summed E-state index contributed by atoms with van der Waals surface area (Å²) in [6.45, 7) is 4.49. The van der Waals surface area contributed by atoms with Crippen LogP contribution in [-0.4, -0.2) is 18.0 Å². The highest BCUT2D eigenvalue weighted by molar-refractivity contribution is 5.83. The highest BCUT2D eigenvalue weighted by Crippen LogP contribution is 2.19. The summed E-state index contributed by atoms with van der Waals surface area (Å²) >= 11 is 0. The summed E-state index contributed by atoms with van der Waals surface area (Å²) < 4.78 is 5.12. The summed E-state index contributed by atoms with van der Waals surface area (Å²) in [6.07, 6.45) is 0.683. The molecule has 0 aliphatic heterocycles. The molecule has 0 saturated heterocycles. The van der Waals surface area contributed by atoms with Gasteiger partial charge in [-0.2, -0.15) is 0 Å². The van der Waals surface area contributed by atoms with Crippen molar-refractivity contribution in [2.45, 2.75) is 33.2 Å². The lowest BCUT2D eigenvalue weighted by molar-refractivity contribution is -0.121. The van der Waals surface area contributed by atoms with Crippen LogP contribution in [0, 0.1) is 13.8 Å². The summed E-state index contributed by atoms with van der Waals surface area (Å²) in [7, 11) is 1.62. The molecule has 27 heavy (non-hydrogen) atoms. The predicted molar refractivity (Wildman–Crippen MR) is 107 cm³/mol. The van der Waals surface area contributed by atoms with Crippen molar-refractivity contribution in [1.82, 2.24) is 10.3 Å². The number of aromatic nitrogens is 1. The predicted octanol–water partition coefficient (Wildman–Crippen LogP) is 3.40. The third-order valence-corrected chi connectivity index (χ3v) is 4.66. The van der Waals surface area contributed by atoms with E-state index in [1.807, 2.05) is 50.2 Å². The molecule has 0 radical (unpaired) electrons. The number of amides is 1. The molecular weight excluding hydrogens is 340 g/mol. The zero-order valence-electron chi connectivity index (χ0n) is 15.9. The molecule has 5 nitrogen and oxygen atoms in total. The van der Waals surface area contributed by atoms with Gasteiger partial charge >= 0.3 is 0 Å². The van der Waals surface area contributed by atoms with Gasteiger partial charge in [-0.05, 0) is 61.2 Å². The van der Waals surface area contributed by atoms with Gasteiger partial charge in [-0.15, -0.1) is 0 Å². The molecule has 0 atom stereocenters. The van der Waals surface area contributed by atoms with Crippen LogP contribution in [0.3, 0.4) is 0 Å². The molecule has 0 aliphatic rings. The summed E-state index contributed by atoms with van der Waals surface area (Å²) in [4.78, 5) is 27.4. The lowest BCUT2D eigenvalue weighted by Gasteiger charge is -2.08. The Morgan fingerprint density at radius 2 is 1.85 bits per heavy atom. The Bertz CT molecular complexity index is 1020. The molecule has 0 spiro atoms. The maximum absolute atomic E-state index is 12.3. The van der Waals surface area contributed by atoms with Gasteiger partial charge in [0.1, 0.15) is 5.75 Å². The van der Waals surface area contributed by atoms with Gasteiger partial charge in [0.25, 0.3) is 5.56 Å². The lowest BCUT2D eigenvalue weighted by atomic mass is 10.0. The van der Waals surface area contributed by atoms with E-state index in [2.05, 4.69) is 16.4 Å². The van der Waals surface area contributed by atoms with Crippen molar-refractivity contribution in [2.24, 2.45) is 0 Å². The number of benzene rings is 2. The zero-order chi connectivity index (χ0) is 19.4. The highest BCUT2D eigenvalue weighted by atomic mass is 16.5. The van der Waals surface area contributed by atoms with E-state index < -0.39 is 0 Å². The van der Waals surface area contributed by atoms with Crippen molar-refractivity contribution in [3.8, 4) is 5.75 Å². The average Bonchev–Trinajstić information content (AvgIpc) is 2.65. The molecule has 0 aliphatic carbocycles. The Kier molecular flexibility index (Phi) is 5.60. The third kappa shape index (κ3) is 4.56. The van der Waals surface area contributed by atoms with Crippen molar-refractivity contribution < 1.29 is 9.53 Å². The lowest BCUT2D eigenvalue weighted by Crippen LogP contribution is -2.24. The van der Waals surface area contributed by atoms with Gasteiger partial charge in [-0.25, -0.2) is 0 Å². The van der Waals surface area contributed by atoms with Gasteiger partial charge in [0.15, 0.2) is 0 Å². The number of pyridine rings is 1. The van der Waals surface area contributed by atoms with Gasteiger partial charge in [-0.3, -0.25) is 9.59 Å². The first-order valence-electron chi connectivity index (χ1n) is 8.99. The minimum Gasteiger partial charge on any atom is -0.497 e. The van der Waals surface area contributed by atoms with E-state index in [4.69, 9.17) is 4.74 Å². The average molecular weight is 364 g/mol. The van der Waals surface area contributed by atoms with Crippen LogP contribution in [0.2, 0.25) is 0 Å². The second-order valence-electron chi connectivity index (χ2n) is 6.79. The topological polar surface area (TPSA) is 71.2 Å². The molecule has 3 rings (SSSR count). The Hall–Kier alpha value is -3.08. The molecule has 0 unspecified atom stereocenters. The fourth-order valence-corrected chi connectivity index (χ4v) is 3.18. The van der Waals surface area contributed by atoms with E-state index in [9.17, 15) is 9.59 Å². The maximum atomic E-state index is 12.3. The van der Waals surface area contributed by atoms with Crippen LogP contribution in [0.15, 0.2) is 47.3 Å². The Morgan fingerprint density at radius 1 is 1.11 bits per heavy atom. The molecule has 2 aromatic carbocycles. The van der Waals surface area contributed by atoms with Crippen LogP contribution in [0.4, 0.5) is 0 Å². The normalized spacial score (nSPS) is 10.8. The van der Waals surface area contributed by atoms with Crippen LogP contribution in [0.5, 0.6) is 5.75 Å². The third-order valence-electron chi connectivity index (χ3n) is 4.66. The molecule has 0 bridgehead atoms. The summed E-state index contributed by atoms with van der Waals surface area (Å²) in [6, 6.07) is 13.5. The molecule has 3 aromatic rings. The molecule has 140 valence electrons. The number of methoxy groups -OCH3 is 1. The largest absolute Gasteiger partial charge is 0.497 e. The minimum atomic E-state index is -0.129. The van der Waals surface area contributed by atoms with Gasteiger partial charge in [0.2, 0.25) is 5.91 Å². The number of ether oxygens (including phenoxy) is 1. The van der Waals surface area contributed by atoms with E-state index >= 15 is 0 Å². The van der Waals surface area contributed by atoms with Crippen LogP contribution >= 0.6 is 0 Å². The number of nitrogens with one attached hydrogen (secondary N) is 2. The highest BCUT2D eigenvalue weighted by Gasteiger charge is 2.09. The van der Waals surface area contributed by atoms with Crippen molar-refractivity contribution in [3.63, 3.8) is 0 Å². The maximum Gasteiger partial charge on any atom is 0.251 e. The smallest absolute Gasteiger partial charge is 0.251 e. The van der Waals surface area contributed by atoms with E-state index in [1.54, 1.807) is 7.11 Å². The second kappa shape index (κ2) is 8.08. The molecule has 0 fully saturated rings. The number of carbonyl (C=O) groups is 1. The number of hydrogen-bond donors (Lipinski definition) is 2. The molecule has 5 heteroatoms. The quantitative estimate of drug-likeness (QED) is 0.704. The number of carbonyl (C=O) groups excluding carboxylic acids is 1. The summed E-state index contributed by atoms with van der Waals surface area (Å²) in [5, 5.41) is 3.91. The summed E-state index contributed by atoms with van der Waals surface area (Å²) in [5.41, 5.74) is 4.57. The fourth-order valence-electron chi connectivity index (χ4n) is 3.18. The van der Waals surface area contributed by atoms with Crippen molar-refractivity contribution in [2.75, 3.05) is 7.11 Å². The second-order valence-corrected chi connectivity index (χ2v) is 6.79. The van der Waals surface area contributed by atoms with Gasteiger partial charge in [0.05, 0.1) is 7.11 Å². The molecule has 2 N–H and O–H groups in total. The Morgan fingerprint density at radius 3 is 2.56 bits per heavy atom. The fraction of sp³-hybridized carbons (Fsp3) is 0.273. The van der Waals surface area contributed by atoms with E-state index in [0.29, 0.717) is 18.5 Å². The van der Waals surface area contributed by atoms with E-state index in [1.165, 1.54) is 0 Å². The van der Waals surface area contributed by atoms with Crippen molar-refractivity contribution in [3.05, 3.63) is 75.1 Å². The number of aryl methyl sites for hydroxylation is 3. The molecule has 1 amide bonds. The first-order valence-corrected chi connectivity index (χ1v) is 8.99. The Balaban J connectivity index is 1.62. The number of hydrogen-bond acceptors (Lipinski definition) is 3. The van der Waals surface area contributed by atoms with Gasteiger partial charge < -0.3 is 15.0 Å². The van der Waals surface area contributed by atoms with Gasteiger partial charge in [0, 0.05) is 29.4 Å². The number of fused-ring (bicyclic) bond motifs is 1. The van der Waals surface area contributed by atoms with E-state index in [-0.39, 0.29) is 17.9 Å². The molecule has 1 heterocycles. The first kappa shape index (κ1) is 18.7. The number of aromatic amines is 1.